The lowest BCUT2D eigenvalue weighted by Gasteiger charge is -2.31. The van der Waals surface area contributed by atoms with Crippen LogP contribution in [0.2, 0.25) is 0 Å². The molecule has 39 heavy (non-hydrogen) atoms. The molecule has 3 aromatic rings. The fraction of sp³-hybridized carbons (Fsp3) is 0.630. The van der Waals surface area contributed by atoms with E-state index in [1.807, 2.05) is 19.2 Å². The van der Waals surface area contributed by atoms with E-state index in [-0.39, 0.29) is 12.2 Å². The van der Waals surface area contributed by atoms with Crippen molar-refractivity contribution in [2.24, 2.45) is 17.3 Å². The van der Waals surface area contributed by atoms with Crippen molar-refractivity contribution in [1.82, 2.24) is 19.9 Å². The number of fused-ring (bicyclic) bond motifs is 1. The molecule has 1 unspecified atom stereocenters. The number of aromatic nitrogens is 4. The van der Waals surface area contributed by atoms with Crippen molar-refractivity contribution in [2.45, 2.75) is 70.6 Å². The Hall–Kier alpha value is -2.41. The summed E-state index contributed by atoms with van der Waals surface area (Å²) < 4.78 is 24.9. The smallest absolute Gasteiger partial charge is 0.224 e. The van der Waals surface area contributed by atoms with Gasteiger partial charge in [-0.25, -0.2) is 18.4 Å². The Bertz CT molecular complexity index is 1540. The van der Waals surface area contributed by atoms with Crippen LogP contribution in [0.5, 0.6) is 0 Å². The normalized spacial score (nSPS) is 28.1. The third-order valence-corrected chi connectivity index (χ3v) is 10.6. The molecule has 3 aliphatic carbocycles. The van der Waals surface area contributed by atoms with Gasteiger partial charge >= 0.3 is 0 Å². The third kappa shape index (κ3) is 5.36. The van der Waals surface area contributed by atoms with Crippen LogP contribution in [0.3, 0.4) is 0 Å². The maximum atomic E-state index is 11.9. The summed E-state index contributed by atoms with van der Waals surface area (Å²) in [5.74, 6) is 1.01. The molecule has 3 aromatic heterocycles. The van der Waals surface area contributed by atoms with Gasteiger partial charge < -0.3 is 20.8 Å². The van der Waals surface area contributed by atoms with Gasteiger partial charge in [0.2, 0.25) is 5.95 Å². The first-order valence-corrected chi connectivity index (χ1v) is 16.5. The summed E-state index contributed by atoms with van der Waals surface area (Å²) in [7, 11) is -3.32. The summed E-state index contributed by atoms with van der Waals surface area (Å²) in [5.41, 5.74) is 1.81. The first-order valence-electron chi connectivity index (χ1n) is 13.6. The topological polar surface area (TPSA) is 150 Å². The highest BCUT2D eigenvalue weighted by atomic mass is 32.2. The average Bonchev–Trinajstić information content (AvgIpc) is 3.72. The van der Waals surface area contributed by atoms with E-state index in [0.29, 0.717) is 51.7 Å². The molecule has 3 saturated carbocycles. The number of anilines is 2. The lowest BCUT2D eigenvalue weighted by Crippen LogP contribution is -2.48. The number of sulfone groups is 1. The zero-order chi connectivity index (χ0) is 27.7. The molecule has 4 atom stereocenters. The minimum absolute atomic E-state index is 0.186. The van der Waals surface area contributed by atoms with Crippen LogP contribution in [0.1, 0.15) is 63.3 Å². The van der Waals surface area contributed by atoms with Crippen molar-refractivity contribution in [3.8, 4) is 10.6 Å². The van der Waals surface area contributed by atoms with Gasteiger partial charge in [0.05, 0.1) is 27.4 Å². The van der Waals surface area contributed by atoms with Gasteiger partial charge in [-0.15, -0.1) is 11.3 Å². The molecule has 6 rings (SSSR count). The van der Waals surface area contributed by atoms with Crippen molar-refractivity contribution in [2.75, 3.05) is 29.2 Å². The summed E-state index contributed by atoms with van der Waals surface area (Å²) >= 11 is 1.52. The first kappa shape index (κ1) is 26.8. The highest BCUT2D eigenvalue weighted by molar-refractivity contribution is 7.90. The molecule has 3 heterocycles. The Morgan fingerprint density at radius 2 is 1.92 bits per heavy atom. The molecule has 0 saturated heterocycles. The molecule has 4 N–H and O–H groups in total. The molecule has 0 radical (unpaired) electrons. The summed E-state index contributed by atoms with van der Waals surface area (Å²) in [5, 5.41) is 29.7. The Morgan fingerprint density at radius 3 is 2.59 bits per heavy atom. The monoisotopic (exact) mass is 572 g/mol. The van der Waals surface area contributed by atoms with Crippen LogP contribution in [-0.4, -0.2) is 68.9 Å². The van der Waals surface area contributed by atoms with Gasteiger partial charge in [-0.3, -0.25) is 4.98 Å². The predicted molar refractivity (Wildman–Crippen MR) is 153 cm³/mol. The predicted octanol–water partition coefficient (Wildman–Crippen LogP) is 3.71. The lowest BCUT2D eigenvalue weighted by molar-refractivity contribution is -0.0442. The van der Waals surface area contributed by atoms with Crippen LogP contribution in [-0.2, 0) is 9.84 Å². The number of nitrogens with zero attached hydrogens (tertiary/aromatic N) is 4. The number of pyridine rings is 1. The van der Waals surface area contributed by atoms with Crippen molar-refractivity contribution in [1.29, 1.82) is 0 Å². The van der Waals surface area contributed by atoms with Crippen LogP contribution >= 0.6 is 11.3 Å². The zero-order valence-electron chi connectivity index (χ0n) is 22.7. The molecule has 0 bridgehead atoms. The van der Waals surface area contributed by atoms with Gasteiger partial charge in [0.25, 0.3) is 0 Å². The maximum Gasteiger partial charge on any atom is 0.224 e. The van der Waals surface area contributed by atoms with Gasteiger partial charge in [0.15, 0.2) is 5.72 Å². The first-order chi connectivity index (χ1) is 18.3. The van der Waals surface area contributed by atoms with Crippen molar-refractivity contribution in [3.63, 3.8) is 0 Å². The van der Waals surface area contributed by atoms with E-state index in [2.05, 4.69) is 29.5 Å². The third-order valence-electron chi connectivity index (χ3n) is 8.51. The van der Waals surface area contributed by atoms with E-state index in [1.165, 1.54) is 11.3 Å². The summed E-state index contributed by atoms with van der Waals surface area (Å²) in [6.07, 6.45) is 5.62. The van der Waals surface area contributed by atoms with Crippen LogP contribution in [0.4, 0.5) is 11.8 Å². The van der Waals surface area contributed by atoms with E-state index in [4.69, 9.17) is 15.0 Å². The van der Waals surface area contributed by atoms with Gasteiger partial charge in [-0.2, -0.15) is 4.98 Å². The van der Waals surface area contributed by atoms with Gasteiger partial charge in [-0.05, 0) is 56.4 Å². The van der Waals surface area contributed by atoms with E-state index in [9.17, 15) is 18.6 Å². The van der Waals surface area contributed by atoms with Crippen LogP contribution < -0.4 is 10.6 Å². The molecular formula is C27H36N6O4S2. The second-order valence-corrected chi connectivity index (χ2v) is 15.6. The van der Waals surface area contributed by atoms with Crippen molar-refractivity contribution >= 4 is 43.2 Å². The fourth-order valence-corrected chi connectivity index (χ4v) is 7.97. The number of aliphatic hydroxyl groups is 2. The fourth-order valence-electron chi connectivity index (χ4n) is 5.78. The second-order valence-electron chi connectivity index (χ2n) is 12.3. The van der Waals surface area contributed by atoms with Crippen molar-refractivity contribution in [3.05, 3.63) is 23.7 Å². The Morgan fingerprint density at radius 1 is 1.18 bits per heavy atom. The number of aryl methyl sites for hydroxylation is 1. The average molecular weight is 573 g/mol. The van der Waals surface area contributed by atoms with E-state index in [1.54, 1.807) is 0 Å². The second kappa shape index (κ2) is 9.32. The molecule has 12 heteroatoms. The van der Waals surface area contributed by atoms with E-state index >= 15 is 0 Å². The molecule has 0 spiro atoms. The summed E-state index contributed by atoms with van der Waals surface area (Å²) in [4.78, 5) is 19.1. The van der Waals surface area contributed by atoms with Crippen molar-refractivity contribution < 1.29 is 18.6 Å². The lowest BCUT2D eigenvalue weighted by atomic mass is 10.0. The molecular weight excluding hydrogens is 536 g/mol. The number of hydrogen-bond acceptors (Lipinski definition) is 11. The van der Waals surface area contributed by atoms with E-state index < -0.39 is 27.6 Å². The van der Waals surface area contributed by atoms with Crippen LogP contribution in [0, 0.1) is 24.2 Å². The number of thiazole rings is 1. The highest BCUT2D eigenvalue weighted by Crippen LogP contribution is 2.51. The number of hydrogen-bond donors (Lipinski definition) is 4. The number of rotatable bonds is 9. The highest BCUT2D eigenvalue weighted by Gasteiger charge is 2.48. The molecule has 10 nitrogen and oxygen atoms in total. The minimum atomic E-state index is -3.32. The quantitative estimate of drug-likeness (QED) is 0.279. The Kier molecular flexibility index (Phi) is 6.40. The summed E-state index contributed by atoms with van der Waals surface area (Å²) in [6.45, 7) is 7.11. The zero-order valence-corrected chi connectivity index (χ0v) is 24.4. The molecule has 0 amide bonds. The van der Waals surface area contributed by atoms with E-state index in [0.717, 1.165) is 48.0 Å². The summed E-state index contributed by atoms with van der Waals surface area (Å²) in [6, 6.07) is 1.96. The number of nitrogens with one attached hydrogen (secondary N) is 2. The maximum absolute atomic E-state index is 11.9. The van der Waals surface area contributed by atoms with Crippen LogP contribution in [0.25, 0.3) is 20.8 Å². The molecule has 0 aromatic carbocycles. The van der Waals surface area contributed by atoms with Gasteiger partial charge in [-0.1, -0.05) is 13.8 Å². The minimum Gasteiger partial charge on any atom is -0.388 e. The Balaban J connectivity index is 1.37. The molecule has 3 aliphatic rings. The van der Waals surface area contributed by atoms with Gasteiger partial charge in [0, 0.05) is 30.8 Å². The van der Waals surface area contributed by atoms with Gasteiger partial charge in [0.1, 0.15) is 32.3 Å². The molecule has 3 fully saturated rings. The largest absolute Gasteiger partial charge is 0.388 e. The standard InChI is InChI=1S/C27H36N6O4S2/c1-14-19(24-31-21-18(38-24)8-10-28-20(21)15-5-6-15)23(32-25(30-14)29-12-17-11-26(17,2)3)33-27(35)9-7-16(22(27)34)13-39(4,36)37/h8,10,15-17,22,34-35H,5-7,9,11-13H2,1-4H3,(H2,29,30,32,33)/t16-,17?,22-,27-/m1/s1. The molecule has 0 aliphatic heterocycles. The molecule has 210 valence electrons. The number of aliphatic hydroxyl groups excluding tert-OH is 1. The van der Waals surface area contributed by atoms with Crippen LogP contribution in [0.15, 0.2) is 12.3 Å². The SMILES string of the molecule is Cc1nc(NCC2CC2(C)C)nc(N[C@@]2(O)CC[C@H](CS(C)(=O)=O)[C@H]2O)c1-c1nc2c(C3CC3)nccc2s1. The Labute approximate surface area is 232 Å².